The largest absolute Gasteiger partial charge is 0.334 e. The van der Waals surface area contributed by atoms with Crippen LogP contribution in [0.2, 0.25) is 0 Å². The van der Waals surface area contributed by atoms with Crippen LogP contribution >= 0.6 is 11.3 Å². The molecule has 0 bridgehead atoms. The molecule has 0 saturated carbocycles. The third-order valence-corrected chi connectivity index (χ3v) is 3.53. The van der Waals surface area contributed by atoms with Crippen molar-refractivity contribution in [2.75, 3.05) is 7.05 Å². The number of aryl methyl sites for hydroxylation is 2. The summed E-state index contributed by atoms with van der Waals surface area (Å²) in [6.45, 7) is 3.66. The Balaban J connectivity index is 2.21. The second-order valence-corrected chi connectivity index (χ2v) is 5.38. The average molecular weight is 295 g/mol. The normalized spacial score (nSPS) is 10.6. The number of hydrogen-bond donors (Lipinski definition) is 1. The molecule has 2 heterocycles. The highest BCUT2D eigenvalue weighted by Crippen LogP contribution is 2.22. The minimum absolute atomic E-state index is 0.179. The molecule has 9 heteroatoms. The number of nitrogens with one attached hydrogen (secondary N) is 1. The Kier molecular flexibility index (Phi) is 3.79. The van der Waals surface area contributed by atoms with Crippen molar-refractivity contribution in [3.63, 3.8) is 0 Å². The highest BCUT2D eigenvalue weighted by Gasteiger charge is 2.29. The molecule has 0 unspecified atom stereocenters. The molecule has 0 saturated heterocycles. The molecule has 0 radical (unpaired) electrons. The maximum Gasteiger partial charge on any atom is 0.322 e. The number of nitro groups is 1. The number of hydrogen-bond acceptors (Lipinski definition) is 6. The van der Waals surface area contributed by atoms with E-state index in [9.17, 15) is 14.9 Å². The van der Waals surface area contributed by atoms with Gasteiger partial charge in [0.15, 0.2) is 0 Å². The Bertz CT molecular complexity index is 663. The van der Waals surface area contributed by atoms with E-state index in [2.05, 4.69) is 15.2 Å². The van der Waals surface area contributed by atoms with Gasteiger partial charge in [-0.3, -0.25) is 20.0 Å². The van der Waals surface area contributed by atoms with Gasteiger partial charge >= 0.3 is 5.69 Å². The van der Waals surface area contributed by atoms with Crippen molar-refractivity contribution in [2.24, 2.45) is 0 Å². The fourth-order valence-corrected chi connectivity index (χ4v) is 2.38. The lowest BCUT2D eigenvalue weighted by atomic mass is 10.2. The zero-order valence-electron chi connectivity index (χ0n) is 11.2. The van der Waals surface area contributed by atoms with Crippen LogP contribution in [0.25, 0.3) is 0 Å². The van der Waals surface area contributed by atoms with Crippen molar-refractivity contribution in [2.45, 2.75) is 20.4 Å². The summed E-state index contributed by atoms with van der Waals surface area (Å²) in [6, 6.07) is 0. The first-order chi connectivity index (χ1) is 9.40. The van der Waals surface area contributed by atoms with Crippen LogP contribution in [0.15, 0.2) is 5.38 Å². The molecule has 0 aliphatic rings. The van der Waals surface area contributed by atoms with E-state index in [1.54, 1.807) is 7.05 Å². The Morgan fingerprint density at radius 3 is 2.80 bits per heavy atom. The zero-order valence-corrected chi connectivity index (χ0v) is 12.0. The minimum Gasteiger partial charge on any atom is -0.334 e. The van der Waals surface area contributed by atoms with Gasteiger partial charge in [-0.15, -0.1) is 11.3 Å². The van der Waals surface area contributed by atoms with Crippen LogP contribution in [0, 0.1) is 24.0 Å². The summed E-state index contributed by atoms with van der Waals surface area (Å²) >= 11 is 1.49. The summed E-state index contributed by atoms with van der Waals surface area (Å²) in [5, 5.41) is 19.9. The molecule has 2 aromatic heterocycles. The zero-order chi connectivity index (χ0) is 14.9. The Hall–Kier alpha value is -2.29. The number of aromatic amines is 1. The van der Waals surface area contributed by atoms with Gasteiger partial charge in [0.1, 0.15) is 5.69 Å². The van der Waals surface area contributed by atoms with Crippen LogP contribution in [-0.4, -0.2) is 38.0 Å². The van der Waals surface area contributed by atoms with E-state index in [1.807, 2.05) is 12.3 Å². The maximum absolute atomic E-state index is 12.2. The molecular formula is C11H13N5O3S. The van der Waals surface area contributed by atoms with E-state index in [0.29, 0.717) is 0 Å². The molecular weight excluding hydrogens is 282 g/mol. The first kappa shape index (κ1) is 14.1. The summed E-state index contributed by atoms with van der Waals surface area (Å²) in [6.07, 6.45) is 0. The van der Waals surface area contributed by atoms with Crippen LogP contribution in [0.4, 0.5) is 5.69 Å². The Morgan fingerprint density at radius 1 is 1.55 bits per heavy atom. The maximum atomic E-state index is 12.2. The fraction of sp³-hybridized carbons (Fsp3) is 0.364. The molecule has 0 aliphatic carbocycles. The lowest BCUT2D eigenvalue weighted by Crippen LogP contribution is -2.27. The van der Waals surface area contributed by atoms with Crippen LogP contribution < -0.4 is 0 Å². The quantitative estimate of drug-likeness (QED) is 0.682. The standard InChI is InChI=1S/C11H13N5O3S/c1-6-10(16(18)19)9(14-13-6)11(17)15(3)4-8-5-20-7(2)12-8/h5H,4H2,1-3H3,(H,13,14). The molecule has 0 atom stereocenters. The predicted molar refractivity (Wildman–Crippen MR) is 72.6 cm³/mol. The summed E-state index contributed by atoms with van der Waals surface area (Å²) in [5.41, 5.74) is 0.549. The number of carbonyl (C=O) groups excluding carboxylic acids is 1. The first-order valence-corrected chi connectivity index (χ1v) is 6.64. The first-order valence-electron chi connectivity index (χ1n) is 5.76. The molecule has 2 aromatic rings. The SMILES string of the molecule is Cc1nc(CN(C)C(=O)c2n[nH]c(C)c2[N+](=O)[O-])cs1. The molecule has 8 nitrogen and oxygen atoms in total. The Morgan fingerprint density at radius 2 is 2.25 bits per heavy atom. The van der Waals surface area contributed by atoms with E-state index in [4.69, 9.17) is 0 Å². The molecule has 0 aromatic carbocycles. The fourth-order valence-electron chi connectivity index (χ4n) is 1.77. The number of rotatable bonds is 4. The van der Waals surface area contributed by atoms with Gasteiger partial charge in [-0.2, -0.15) is 5.10 Å². The number of nitrogens with zero attached hydrogens (tertiary/aromatic N) is 4. The molecule has 1 amide bonds. The van der Waals surface area contributed by atoms with Crippen molar-refractivity contribution >= 4 is 22.9 Å². The smallest absolute Gasteiger partial charge is 0.322 e. The number of H-pyrrole nitrogens is 1. The molecule has 2 rings (SSSR count). The van der Waals surface area contributed by atoms with E-state index < -0.39 is 10.8 Å². The van der Waals surface area contributed by atoms with Gasteiger partial charge in [-0.25, -0.2) is 4.98 Å². The van der Waals surface area contributed by atoms with Gasteiger partial charge in [-0.1, -0.05) is 0 Å². The number of carbonyl (C=O) groups is 1. The second-order valence-electron chi connectivity index (χ2n) is 4.32. The molecule has 0 spiro atoms. The summed E-state index contributed by atoms with van der Waals surface area (Å²) in [7, 11) is 1.56. The number of aromatic nitrogens is 3. The Labute approximate surface area is 118 Å². The summed E-state index contributed by atoms with van der Waals surface area (Å²) in [4.78, 5) is 28.2. The van der Waals surface area contributed by atoms with Crippen molar-refractivity contribution < 1.29 is 9.72 Å². The second kappa shape index (κ2) is 5.37. The monoisotopic (exact) mass is 295 g/mol. The predicted octanol–water partition coefficient (Wildman–Crippen LogP) is 1.66. The number of thiazole rings is 1. The van der Waals surface area contributed by atoms with E-state index in [1.165, 1.54) is 23.2 Å². The lowest BCUT2D eigenvalue weighted by molar-refractivity contribution is -0.385. The average Bonchev–Trinajstić information content (AvgIpc) is 2.94. The molecule has 1 N–H and O–H groups in total. The molecule has 106 valence electrons. The highest BCUT2D eigenvalue weighted by molar-refractivity contribution is 7.09. The van der Waals surface area contributed by atoms with Gasteiger partial charge in [0, 0.05) is 12.4 Å². The van der Waals surface area contributed by atoms with Crippen LogP contribution in [-0.2, 0) is 6.54 Å². The van der Waals surface area contributed by atoms with Gasteiger partial charge in [0.25, 0.3) is 5.91 Å². The van der Waals surface area contributed by atoms with Gasteiger partial charge in [-0.05, 0) is 13.8 Å². The van der Waals surface area contributed by atoms with Crippen LogP contribution in [0.1, 0.15) is 26.9 Å². The topological polar surface area (TPSA) is 105 Å². The van der Waals surface area contributed by atoms with Gasteiger partial charge in [0.2, 0.25) is 5.69 Å². The summed E-state index contributed by atoms with van der Waals surface area (Å²) < 4.78 is 0. The van der Waals surface area contributed by atoms with Gasteiger partial charge in [0.05, 0.1) is 22.2 Å². The van der Waals surface area contributed by atoms with E-state index >= 15 is 0 Å². The highest BCUT2D eigenvalue weighted by atomic mass is 32.1. The van der Waals surface area contributed by atoms with Crippen LogP contribution in [0.3, 0.4) is 0 Å². The van der Waals surface area contributed by atoms with Crippen molar-refractivity contribution in [1.29, 1.82) is 0 Å². The molecule has 0 fully saturated rings. The third kappa shape index (κ3) is 2.67. The molecule has 0 aliphatic heterocycles. The van der Waals surface area contributed by atoms with Crippen molar-refractivity contribution in [3.8, 4) is 0 Å². The van der Waals surface area contributed by atoms with Crippen LogP contribution in [0.5, 0.6) is 0 Å². The van der Waals surface area contributed by atoms with Crippen molar-refractivity contribution in [3.05, 3.63) is 37.6 Å². The lowest BCUT2D eigenvalue weighted by Gasteiger charge is -2.13. The van der Waals surface area contributed by atoms with Gasteiger partial charge < -0.3 is 4.90 Å². The van der Waals surface area contributed by atoms with Crippen molar-refractivity contribution in [1.82, 2.24) is 20.1 Å². The van der Waals surface area contributed by atoms with E-state index in [0.717, 1.165) is 10.7 Å². The number of amides is 1. The van der Waals surface area contributed by atoms with E-state index in [-0.39, 0.29) is 23.6 Å². The summed E-state index contributed by atoms with van der Waals surface area (Å²) in [5.74, 6) is -0.508. The molecule has 20 heavy (non-hydrogen) atoms. The minimum atomic E-state index is -0.604. The third-order valence-electron chi connectivity index (χ3n) is 2.71.